The minimum absolute atomic E-state index is 0.0207. The van der Waals surface area contributed by atoms with Gasteiger partial charge in [0.15, 0.2) is 16.8 Å². The van der Waals surface area contributed by atoms with E-state index < -0.39 is 10.0 Å². The molecule has 0 aliphatic carbocycles. The van der Waals surface area contributed by atoms with Gasteiger partial charge in [0.1, 0.15) is 5.70 Å². The fourth-order valence-electron chi connectivity index (χ4n) is 3.78. The molecule has 39 heavy (non-hydrogen) atoms. The molecule has 0 unspecified atom stereocenters. The van der Waals surface area contributed by atoms with E-state index in [1.807, 2.05) is 73.6 Å². The van der Waals surface area contributed by atoms with Crippen LogP contribution in [0, 0.1) is 0 Å². The highest BCUT2D eigenvalue weighted by Crippen LogP contribution is 2.27. The van der Waals surface area contributed by atoms with Crippen LogP contribution in [0.4, 0.5) is 22.3 Å². The Morgan fingerprint density at radius 3 is 2.31 bits per heavy atom. The van der Waals surface area contributed by atoms with E-state index in [1.54, 1.807) is 23.6 Å². The SMILES string of the molecule is CN(C)c1ccc(/C=C2/N=C(c3ccccc3)N(Nc3csc(Nc4ccc(S(N)(=O)=O)cc4)n3)C2=O)cc1. The van der Waals surface area contributed by atoms with Crippen molar-refractivity contribution in [3.63, 3.8) is 0 Å². The second kappa shape index (κ2) is 10.7. The van der Waals surface area contributed by atoms with Gasteiger partial charge < -0.3 is 10.2 Å². The number of carbonyl (C=O) groups excluding carboxylic acids is 1. The Hall–Kier alpha value is -4.52. The lowest BCUT2D eigenvalue weighted by Crippen LogP contribution is -2.38. The molecule has 10 nitrogen and oxygen atoms in total. The zero-order valence-corrected chi connectivity index (χ0v) is 22.7. The van der Waals surface area contributed by atoms with Crippen LogP contribution in [0.25, 0.3) is 6.08 Å². The summed E-state index contributed by atoms with van der Waals surface area (Å²) in [7, 11) is 0.168. The highest BCUT2D eigenvalue weighted by molar-refractivity contribution is 7.89. The van der Waals surface area contributed by atoms with Crippen molar-refractivity contribution in [3.8, 4) is 0 Å². The molecule has 0 spiro atoms. The lowest BCUT2D eigenvalue weighted by atomic mass is 10.1. The van der Waals surface area contributed by atoms with Crippen molar-refractivity contribution in [2.45, 2.75) is 4.90 Å². The third-order valence-electron chi connectivity index (χ3n) is 5.77. The van der Waals surface area contributed by atoms with Gasteiger partial charge in [-0.05, 0) is 48.0 Å². The maximum Gasteiger partial charge on any atom is 0.297 e. The number of carbonyl (C=O) groups is 1. The van der Waals surface area contributed by atoms with Crippen molar-refractivity contribution in [1.82, 2.24) is 9.99 Å². The Labute approximate surface area is 230 Å². The minimum atomic E-state index is -3.77. The molecule has 0 radical (unpaired) electrons. The predicted molar refractivity (Wildman–Crippen MR) is 155 cm³/mol. The molecule has 0 bridgehead atoms. The molecule has 198 valence electrons. The molecule has 4 N–H and O–H groups in total. The zero-order valence-electron chi connectivity index (χ0n) is 21.1. The molecule has 1 aliphatic heterocycles. The van der Waals surface area contributed by atoms with Gasteiger partial charge in [0, 0.05) is 36.4 Å². The summed E-state index contributed by atoms with van der Waals surface area (Å²) in [6.07, 6.45) is 1.76. The number of amidine groups is 1. The van der Waals surface area contributed by atoms with E-state index in [0.717, 1.165) is 16.8 Å². The summed E-state index contributed by atoms with van der Waals surface area (Å²) in [5, 5.41) is 12.0. The van der Waals surface area contributed by atoms with E-state index in [9.17, 15) is 13.2 Å². The van der Waals surface area contributed by atoms with Gasteiger partial charge in [0.25, 0.3) is 5.91 Å². The van der Waals surface area contributed by atoms with Crippen LogP contribution in [0.5, 0.6) is 0 Å². The number of aliphatic imine (C=N–C) groups is 1. The molecule has 2 heterocycles. The van der Waals surface area contributed by atoms with Gasteiger partial charge in [-0.3, -0.25) is 10.2 Å². The number of thiazole rings is 1. The number of aromatic nitrogens is 1. The molecule has 12 heteroatoms. The second-order valence-electron chi connectivity index (χ2n) is 8.80. The second-order valence-corrected chi connectivity index (χ2v) is 11.2. The Balaban J connectivity index is 1.37. The Kier molecular flexibility index (Phi) is 7.15. The number of rotatable bonds is 8. The summed E-state index contributed by atoms with van der Waals surface area (Å²) >= 11 is 1.32. The third-order valence-corrected chi connectivity index (χ3v) is 7.46. The number of hydrazine groups is 1. The summed E-state index contributed by atoms with van der Waals surface area (Å²) in [6, 6.07) is 23.3. The first kappa shape index (κ1) is 26.1. The van der Waals surface area contributed by atoms with Gasteiger partial charge in [-0.2, -0.15) is 5.01 Å². The molecule has 1 aliphatic rings. The maximum absolute atomic E-state index is 13.5. The number of hydrogen-bond acceptors (Lipinski definition) is 9. The van der Waals surface area contributed by atoms with Crippen LogP contribution in [0.3, 0.4) is 0 Å². The van der Waals surface area contributed by atoms with Crippen LogP contribution in [0.2, 0.25) is 0 Å². The average molecular weight is 560 g/mol. The topological polar surface area (TPSA) is 133 Å². The fraction of sp³-hybridized carbons (Fsp3) is 0.0741. The third kappa shape index (κ3) is 5.98. The first-order valence-electron chi connectivity index (χ1n) is 11.8. The summed E-state index contributed by atoms with van der Waals surface area (Å²) in [5.74, 6) is 0.585. The van der Waals surface area contributed by atoms with Crippen molar-refractivity contribution in [1.29, 1.82) is 0 Å². The molecule has 4 aromatic rings. The predicted octanol–water partition coefficient (Wildman–Crippen LogP) is 4.26. The van der Waals surface area contributed by atoms with E-state index >= 15 is 0 Å². The molecule has 1 amide bonds. The number of nitrogens with one attached hydrogen (secondary N) is 2. The number of hydrogen-bond donors (Lipinski definition) is 3. The Bertz CT molecular complexity index is 1660. The molecule has 0 atom stereocenters. The van der Waals surface area contributed by atoms with Crippen molar-refractivity contribution in [2.75, 3.05) is 29.7 Å². The van der Waals surface area contributed by atoms with Gasteiger partial charge in [-0.25, -0.2) is 23.5 Å². The highest BCUT2D eigenvalue weighted by Gasteiger charge is 2.32. The molecular weight excluding hydrogens is 534 g/mol. The van der Waals surface area contributed by atoms with Gasteiger partial charge in [0.05, 0.1) is 4.90 Å². The highest BCUT2D eigenvalue weighted by atomic mass is 32.2. The van der Waals surface area contributed by atoms with Crippen LogP contribution in [0.1, 0.15) is 11.1 Å². The Morgan fingerprint density at radius 1 is 0.974 bits per heavy atom. The molecular formula is C27H25N7O3S2. The van der Waals surface area contributed by atoms with Crippen LogP contribution >= 0.6 is 11.3 Å². The van der Waals surface area contributed by atoms with E-state index in [1.165, 1.54) is 28.5 Å². The number of sulfonamides is 1. The summed E-state index contributed by atoms with van der Waals surface area (Å²) < 4.78 is 23.0. The maximum atomic E-state index is 13.5. The molecule has 0 saturated heterocycles. The van der Waals surface area contributed by atoms with Crippen LogP contribution in [0.15, 0.2) is 99.8 Å². The largest absolute Gasteiger partial charge is 0.378 e. The molecule has 0 saturated carbocycles. The summed E-state index contributed by atoms with van der Waals surface area (Å²) in [5.41, 5.74) is 6.70. The smallest absolute Gasteiger partial charge is 0.297 e. The summed E-state index contributed by atoms with van der Waals surface area (Å²) in [6.45, 7) is 0. The number of benzene rings is 3. The zero-order chi connectivity index (χ0) is 27.6. The average Bonchev–Trinajstić information content (AvgIpc) is 3.49. The van der Waals surface area contributed by atoms with E-state index in [-0.39, 0.29) is 10.8 Å². The van der Waals surface area contributed by atoms with Gasteiger partial charge in [0.2, 0.25) is 10.0 Å². The number of nitrogens with zero attached hydrogens (tertiary/aromatic N) is 4. The molecule has 1 aromatic heterocycles. The van der Waals surface area contributed by atoms with Crippen LogP contribution in [-0.2, 0) is 14.8 Å². The van der Waals surface area contributed by atoms with Crippen molar-refractivity contribution < 1.29 is 13.2 Å². The normalized spacial score (nSPS) is 14.4. The lowest BCUT2D eigenvalue weighted by Gasteiger charge is -2.18. The monoisotopic (exact) mass is 559 g/mol. The standard InChI is InChI=1S/C27H25N7O3S2/c1-33(2)21-12-8-18(9-13-21)16-23-26(35)34(25(30-23)19-6-4-3-5-7-19)32-24-17-38-27(31-24)29-20-10-14-22(15-11-20)39(28,36)37/h3-17,32H,1-2H3,(H,29,31)(H2,28,36,37)/b23-16+. The Morgan fingerprint density at radius 2 is 1.67 bits per heavy atom. The number of anilines is 4. The van der Waals surface area contributed by atoms with E-state index in [2.05, 4.69) is 20.7 Å². The number of primary sulfonamides is 1. The number of nitrogens with two attached hydrogens (primary N) is 1. The first-order chi connectivity index (χ1) is 18.7. The van der Waals surface area contributed by atoms with Crippen molar-refractivity contribution >= 4 is 61.5 Å². The van der Waals surface area contributed by atoms with E-state index in [4.69, 9.17) is 5.14 Å². The summed E-state index contributed by atoms with van der Waals surface area (Å²) in [4.78, 5) is 24.7. The van der Waals surface area contributed by atoms with Crippen LogP contribution in [-0.4, -0.2) is 44.2 Å². The lowest BCUT2D eigenvalue weighted by molar-refractivity contribution is -0.121. The van der Waals surface area contributed by atoms with Gasteiger partial charge in [-0.1, -0.05) is 42.5 Å². The molecule has 0 fully saturated rings. The molecule has 5 rings (SSSR count). The molecule has 3 aromatic carbocycles. The number of amides is 1. The minimum Gasteiger partial charge on any atom is -0.378 e. The van der Waals surface area contributed by atoms with Crippen molar-refractivity contribution in [3.05, 3.63) is 101 Å². The fourth-order valence-corrected chi connectivity index (χ4v) is 4.95. The van der Waals surface area contributed by atoms with Gasteiger partial charge >= 0.3 is 0 Å². The van der Waals surface area contributed by atoms with Crippen molar-refractivity contribution in [2.24, 2.45) is 10.1 Å². The van der Waals surface area contributed by atoms with Gasteiger partial charge in [-0.15, -0.1) is 11.3 Å². The van der Waals surface area contributed by atoms with E-state index in [0.29, 0.717) is 28.2 Å². The van der Waals surface area contributed by atoms with Crippen LogP contribution < -0.4 is 20.8 Å². The first-order valence-corrected chi connectivity index (χ1v) is 14.2. The quantitative estimate of drug-likeness (QED) is 0.275.